The summed E-state index contributed by atoms with van der Waals surface area (Å²) in [5, 5.41) is 0. The van der Waals surface area contributed by atoms with Crippen molar-refractivity contribution in [1.82, 2.24) is 0 Å². The molecule has 1 aliphatic rings. The smallest absolute Gasteiger partial charge is 0.293 e. The van der Waals surface area contributed by atoms with Crippen molar-refractivity contribution < 1.29 is 19.1 Å². The second-order valence-electron chi connectivity index (χ2n) is 2.83. The minimum absolute atomic E-state index is 0.235. The Bertz CT molecular complexity index is 139. The van der Waals surface area contributed by atoms with E-state index in [0.717, 1.165) is 25.7 Å². The first-order valence-corrected chi connectivity index (χ1v) is 4.06. The summed E-state index contributed by atoms with van der Waals surface area (Å²) in [7, 11) is 0. The SMILES string of the molecule is O=COC1CCCCC1OC=O. The molecule has 2 unspecified atom stereocenters. The van der Waals surface area contributed by atoms with E-state index >= 15 is 0 Å². The quantitative estimate of drug-likeness (QED) is 0.584. The highest BCUT2D eigenvalue weighted by Gasteiger charge is 2.27. The molecule has 68 valence electrons. The molecule has 2 atom stereocenters. The van der Waals surface area contributed by atoms with Gasteiger partial charge < -0.3 is 9.47 Å². The fourth-order valence-corrected chi connectivity index (χ4v) is 1.52. The Balaban J connectivity index is 2.41. The maximum absolute atomic E-state index is 10.1. The number of rotatable bonds is 4. The van der Waals surface area contributed by atoms with Gasteiger partial charge in [0, 0.05) is 0 Å². The summed E-state index contributed by atoms with van der Waals surface area (Å²) < 4.78 is 9.57. The van der Waals surface area contributed by atoms with Gasteiger partial charge in [0.05, 0.1) is 0 Å². The van der Waals surface area contributed by atoms with E-state index in [1.54, 1.807) is 0 Å². The van der Waals surface area contributed by atoms with Gasteiger partial charge in [0.15, 0.2) is 0 Å². The lowest BCUT2D eigenvalue weighted by Gasteiger charge is -2.27. The van der Waals surface area contributed by atoms with Crippen LogP contribution in [0.2, 0.25) is 0 Å². The third-order valence-electron chi connectivity index (χ3n) is 2.10. The predicted molar refractivity (Wildman–Crippen MR) is 40.3 cm³/mol. The van der Waals surface area contributed by atoms with Crippen molar-refractivity contribution >= 4 is 12.9 Å². The molecule has 0 aromatic heterocycles. The molecule has 0 saturated heterocycles. The van der Waals surface area contributed by atoms with Gasteiger partial charge >= 0.3 is 0 Å². The number of carbonyl (C=O) groups is 2. The van der Waals surface area contributed by atoms with E-state index in [1.807, 2.05) is 0 Å². The van der Waals surface area contributed by atoms with Crippen LogP contribution in [-0.2, 0) is 19.1 Å². The van der Waals surface area contributed by atoms with Crippen LogP contribution in [-0.4, -0.2) is 25.2 Å². The van der Waals surface area contributed by atoms with Crippen molar-refractivity contribution in [3.05, 3.63) is 0 Å². The zero-order valence-corrected chi connectivity index (χ0v) is 6.77. The van der Waals surface area contributed by atoms with Crippen LogP contribution in [0, 0.1) is 0 Å². The molecule has 1 rings (SSSR count). The maximum atomic E-state index is 10.1. The minimum Gasteiger partial charge on any atom is -0.461 e. The van der Waals surface area contributed by atoms with Gasteiger partial charge in [0.2, 0.25) is 0 Å². The molecule has 12 heavy (non-hydrogen) atoms. The molecule has 0 amide bonds. The van der Waals surface area contributed by atoms with E-state index in [0.29, 0.717) is 12.9 Å². The Labute approximate surface area is 70.8 Å². The molecule has 1 fully saturated rings. The summed E-state index contributed by atoms with van der Waals surface area (Å²) in [5.74, 6) is 0. The van der Waals surface area contributed by atoms with Crippen molar-refractivity contribution in [1.29, 1.82) is 0 Å². The molecule has 0 N–H and O–H groups in total. The highest BCUT2D eigenvalue weighted by Crippen LogP contribution is 2.22. The number of hydrogen-bond acceptors (Lipinski definition) is 4. The van der Waals surface area contributed by atoms with Crippen molar-refractivity contribution in [2.24, 2.45) is 0 Å². The number of carbonyl (C=O) groups excluding carboxylic acids is 2. The normalized spacial score (nSPS) is 29.0. The largest absolute Gasteiger partial charge is 0.461 e. The van der Waals surface area contributed by atoms with Crippen LogP contribution in [0.15, 0.2) is 0 Å². The summed E-state index contributed by atoms with van der Waals surface area (Å²) >= 11 is 0. The van der Waals surface area contributed by atoms with Gasteiger partial charge in [-0.25, -0.2) is 0 Å². The first kappa shape index (κ1) is 9.03. The van der Waals surface area contributed by atoms with Gasteiger partial charge in [0.25, 0.3) is 12.9 Å². The predicted octanol–water partition coefficient (Wildman–Crippen LogP) is 0.644. The minimum atomic E-state index is -0.235. The lowest BCUT2D eigenvalue weighted by atomic mass is 9.95. The maximum Gasteiger partial charge on any atom is 0.293 e. The first-order valence-electron chi connectivity index (χ1n) is 4.06. The zero-order valence-electron chi connectivity index (χ0n) is 6.77. The summed E-state index contributed by atoms with van der Waals surface area (Å²) in [4.78, 5) is 20.1. The van der Waals surface area contributed by atoms with Crippen LogP contribution < -0.4 is 0 Å². The topological polar surface area (TPSA) is 52.6 Å². The average Bonchev–Trinajstić information content (AvgIpc) is 2.09. The molecule has 4 nitrogen and oxygen atoms in total. The molecule has 1 aliphatic carbocycles. The van der Waals surface area contributed by atoms with Crippen LogP contribution in [0.5, 0.6) is 0 Å². The number of ether oxygens (including phenoxy) is 2. The van der Waals surface area contributed by atoms with E-state index in [4.69, 9.17) is 9.47 Å². The van der Waals surface area contributed by atoms with E-state index in [-0.39, 0.29) is 12.2 Å². The Morgan fingerprint density at radius 3 is 1.67 bits per heavy atom. The molecule has 0 aromatic rings. The summed E-state index contributed by atoms with van der Waals surface area (Å²) in [6.45, 7) is 0.828. The van der Waals surface area contributed by atoms with Crippen LogP contribution >= 0.6 is 0 Å². The summed E-state index contributed by atoms with van der Waals surface area (Å²) in [6.07, 6.45) is 3.16. The van der Waals surface area contributed by atoms with Crippen molar-refractivity contribution in [3.63, 3.8) is 0 Å². The molecular formula is C8H12O4. The fourth-order valence-electron chi connectivity index (χ4n) is 1.52. The van der Waals surface area contributed by atoms with E-state index < -0.39 is 0 Å². The molecule has 1 saturated carbocycles. The lowest BCUT2D eigenvalue weighted by Crippen LogP contribution is -2.34. The van der Waals surface area contributed by atoms with E-state index in [9.17, 15) is 9.59 Å². The molecule has 0 heterocycles. The van der Waals surface area contributed by atoms with Crippen LogP contribution in [0.1, 0.15) is 25.7 Å². The standard InChI is InChI=1S/C8H12O4/c9-5-11-7-3-1-2-4-8(7)12-6-10/h5-8H,1-4H2. The second kappa shape index (κ2) is 4.74. The third kappa shape index (κ3) is 2.22. The van der Waals surface area contributed by atoms with Gasteiger partial charge in [-0.2, -0.15) is 0 Å². The molecule has 0 radical (unpaired) electrons. The second-order valence-corrected chi connectivity index (χ2v) is 2.83. The van der Waals surface area contributed by atoms with Crippen molar-refractivity contribution in [3.8, 4) is 0 Å². The monoisotopic (exact) mass is 172 g/mol. The van der Waals surface area contributed by atoms with Gasteiger partial charge in [-0.1, -0.05) is 0 Å². The highest BCUT2D eigenvalue weighted by molar-refractivity contribution is 5.39. The highest BCUT2D eigenvalue weighted by atomic mass is 16.6. The molecule has 0 aliphatic heterocycles. The van der Waals surface area contributed by atoms with Gasteiger partial charge in [-0.15, -0.1) is 0 Å². The van der Waals surface area contributed by atoms with Gasteiger partial charge in [-0.3, -0.25) is 9.59 Å². The van der Waals surface area contributed by atoms with Gasteiger partial charge in [0.1, 0.15) is 12.2 Å². The van der Waals surface area contributed by atoms with E-state index in [2.05, 4.69) is 0 Å². The fraction of sp³-hybridized carbons (Fsp3) is 0.750. The summed E-state index contributed by atoms with van der Waals surface area (Å²) in [6, 6.07) is 0. The van der Waals surface area contributed by atoms with Crippen LogP contribution in [0.25, 0.3) is 0 Å². The average molecular weight is 172 g/mol. The Morgan fingerprint density at radius 1 is 0.917 bits per heavy atom. The van der Waals surface area contributed by atoms with Crippen LogP contribution in [0.4, 0.5) is 0 Å². The molecular weight excluding hydrogens is 160 g/mol. The summed E-state index contributed by atoms with van der Waals surface area (Å²) in [5.41, 5.74) is 0. The molecule has 0 aromatic carbocycles. The zero-order chi connectivity index (χ0) is 8.81. The lowest BCUT2D eigenvalue weighted by molar-refractivity contribution is -0.154. The van der Waals surface area contributed by atoms with E-state index in [1.165, 1.54) is 0 Å². The van der Waals surface area contributed by atoms with Gasteiger partial charge in [-0.05, 0) is 25.7 Å². The Kier molecular flexibility index (Phi) is 3.57. The Hall–Kier alpha value is -1.06. The number of hydrogen-bond donors (Lipinski definition) is 0. The van der Waals surface area contributed by atoms with Crippen molar-refractivity contribution in [2.45, 2.75) is 37.9 Å². The molecule has 0 bridgehead atoms. The van der Waals surface area contributed by atoms with Crippen molar-refractivity contribution in [2.75, 3.05) is 0 Å². The first-order chi connectivity index (χ1) is 5.88. The molecule has 0 spiro atoms. The third-order valence-corrected chi connectivity index (χ3v) is 2.10. The molecule has 4 heteroatoms. The Morgan fingerprint density at radius 2 is 1.33 bits per heavy atom. The van der Waals surface area contributed by atoms with Crippen LogP contribution in [0.3, 0.4) is 0 Å².